The lowest BCUT2D eigenvalue weighted by Crippen LogP contribution is -2.47. The predicted octanol–water partition coefficient (Wildman–Crippen LogP) is 2.31. The molecule has 1 amide bonds. The van der Waals surface area contributed by atoms with Crippen molar-refractivity contribution in [3.05, 3.63) is 37.5 Å². The summed E-state index contributed by atoms with van der Waals surface area (Å²) in [5, 5.41) is 9.87. The standard InChI is InChI=1S/C7H13NO4S.C4H8.C3H3N.3CH4.O3S.H2O/c1-4-6(9)8-7(2,3)5-13(10,11)12;1-4(2)3;1-2-3-4;;;;1-4(2)3;/h4H,1,5H2,2-3H3,(H,8,9)(H,10,11,12);1H2,2-3H3;2H,1H2;3*1H4;;1H2. The zero-order chi connectivity index (χ0) is 21.3. The van der Waals surface area contributed by atoms with Gasteiger partial charge in [0.1, 0.15) is 0 Å². The topological polar surface area (TPSA) is 190 Å². The van der Waals surface area contributed by atoms with E-state index in [1.165, 1.54) is 25.5 Å². The second-order valence-corrected chi connectivity index (χ2v) is 6.91. The number of nitriles is 1. The minimum atomic E-state index is -4.08. The summed E-state index contributed by atoms with van der Waals surface area (Å²) in [7, 11) is -7.20. The van der Waals surface area contributed by atoms with Gasteiger partial charge >= 0.3 is 10.6 Å². The van der Waals surface area contributed by atoms with E-state index in [0.29, 0.717) is 0 Å². The maximum absolute atomic E-state index is 10.8. The highest BCUT2D eigenvalue weighted by molar-refractivity contribution is 7.85. The molecule has 0 aromatic carbocycles. The minimum Gasteiger partial charge on any atom is -0.412 e. The number of hydrogen-bond donors (Lipinski definition) is 2. The third-order valence-corrected chi connectivity index (χ3v) is 2.37. The van der Waals surface area contributed by atoms with Crippen molar-refractivity contribution in [1.82, 2.24) is 5.32 Å². The molecule has 0 aliphatic heterocycles. The molecular weight excluding hydrogens is 424 g/mol. The Bertz CT molecular complexity index is 678. The van der Waals surface area contributed by atoms with Crippen LogP contribution in [0.3, 0.4) is 0 Å². The van der Waals surface area contributed by atoms with E-state index in [0.717, 1.165) is 6.08 Å². The van der Waals surface area contributed by atoms with Crippen LogP contribution in [-0.2, 0) is 25.5 Å². The Balaban J connectivity index is -0.0000000388. The zero-order valence-electron chi connectivity index (χ0n) is 15.1. The van der Waals surface area contributed by atoms with Gasteiger partial charge in [-0.2, -0.15) is 13.7 Å². The smallest absolute Gasteiger partial charge is 0.412 e. The van der Waals surface area contributed by atoms with E-state index in [4.69, 9.17) is 22.4 Å². The van der Waals surface area contributed by atoms with Crippen LogP contribution in [0.15, 0.2) is 37.5 Å². The number of nitrogens with zero attached hydrogens (tertiary/aromatic N) is 1. The molecule has 0 rings (SSSR count). The molecule has 10 nitrogen and oxygen atoms in total. The largest absolute Gasteiger partial charge is 0.425 e. The maximum Gasteiger partial charge on any atom is 0.425 e. The second kappa shape index (κ2) is 27.9. The van der Waals surface area contributed by atoms with Crippen molar-refractivity contribution in [2.24, 2.45) is 0 Å². The Morgan fingerprint density at radius 2 is 1.41 bits per heavy atom. The zero-order valence-corrected chi connectivity index (χ0v) is 16.8. The molecule has 0 aromatic heterocycles. The molecule has 0 aliphatic carbocycles. The highest BCUT2D eigenvalue weighted by Gasteiger charge is 2.25. The number of allylic oxidation sites excluding steroid dienone is 2. The molecule has 0 spiro atoms. The molecule has 0 saturated heterocycles. The van der Waals surface area contributed by atoms with Crippen LogP contribution in [0.25, 0.3) is 0 Å². The first-order valence-electron chi connectivity index (χ1n) is 6.33. The van der Waals surface area contributed by atoms with Crippen molar-refractivity contribution in [2.45, 2.75) is 55.5 Å². The van der Waals surface area contributed by atoms with Gasteiger partial charge in [-0.05, 0) is 33.8 Å². The van der Waals surface area contributed by atoms with E-state index < -0.39 is 37.9 Å². The molecule has 0 heterocycles. The lowest BCUT2D eigenvalue weighted by atomic mass is 10.1. The molecule has 12 heteroatoms. The highest BCUT2D eigenvalue weighted by Crippen LogP contribution is 2.05. The van der Waals surface area contributed by atoms with Gasteiger partial charge in [0.05, 0.1) is 17.4 Å². The van der Waals surface area contributed by atoms with E-state index in [1.54, 1.807) is 6.07 Å². The predicted molar refractivity (Wildman–Crippen MR) is 119 cm³/mol. The monoisotopic (exact) mass is 462 g/mol. The van der Waals surface area contributed by atoms with Gasteiger partial charge in [-0.3, -0.25) is 9.35 Å². The minimum absolute atomic E-state index is 0. The van der Waals surface area contributed by atoms with Crippen LogP contribution in [0.5, 0.6) is 0 Å². The van der Waals surface area contributed by atoms with Crippen LogP contribution in [-0.4, -0.2) is 48.3 Å². The molecule has 0 fully saturated rings. The first kappa shape index (κ1) is 50.4. The number of rotatable bonds is 4. The summed E-state index contributed by atoms with van der Waals surface area (Å²) >= 11 is 0. The lowest BCUT2D eigenvalue weighted by Gasteiger charge is -2.23. The second-order valence-electron chi connectivity index (χ2n) is 5.05. The molecule has 4 N–H and O–H groups in total. The van der Waals surface area contributed by atoms with E-state index in [-0.39, 0.29) is 27.8 Å². The van der Waals surface area contributed by atoms with Crippen LogP contribution in [0.2, 0.25) is 0 Å². The molecule has 0 aliphatic rings. The normalized spacial score (nSPS) is 7.72. The molecule has 176 valence electrons. The van der Waals surface area contributed by atoms with E-state index >= 15 is 0 Å². The van der Waals surface area contributed by atoms with Crippen molar-refractivity contribution < 1.29 is 35.9 Å². The summed E-state index contributed by atoms with van der Waals surface area (Å²) in [6, 6.07) is 1.69. The van der Waals surface area contributed by atoms with Gasteiger partial charge < -0.3 is 10.8 Å². The third kappa shape index (κ3) is 106. The summed E-state index contributed by atoms with van der Waals surface area (Å²) in [5.41, 5.74) is 0.166. The third-order valence-electron chi connectivity index (χ3n) is 1.28. The average Bonchev–Trinajstić information content (AvgIpc) is 2.34. The molecule has 0 aromatic rings. The van der Waals surface area contributed by atoms with E-state index in [1.807, 2.05) is 13.8 Å². The van der Waals surface area contributed by atoms with Crippen molar-refractivity contribution in [3.8, 4) is 6.07 Å². The van der Waals surface area contributed by atoms with Gasteiger partial charge in [0.15, 0.2) is 0 Å². The number of hydrogen-bond acceptors (Lipinski definition) is 7. The molecular formula is C17H38N2O8S2. The molecule has 0 radical (unpaired) electrons. The molecule has 0 saturated carbocycles. The number of nitrogens with one attached hydrogen (secondary N) is 1. The number of amides is 1. The van der Waals surface area contributed by atoms with Crippen molar-refractivity contribution >= 4 is 26.6 Å². The number of carbonyl (C=O) groups is 1. The van der Waals surface area contributed by atoms with Crippen LogP contribution >= 0.6 is 0 Å². The van der Waals surface area contributed by atoms with Gasteiger partial charge in [0.2, 0.25) is 5.91 Å². The molecule has 0 atom stereocenters. The van der Waals surface area contributed by atoms with Gasteiger partial charge in [0, 0.05) is 6.08 Å². The Labute approximate surface area is 178 Å². The van der Waals surface area contributed by atoms with Crippen molar-refractivity contribution in [2.75, 3.05) is 5.75 Å². The molecule has 0 unspecified atom stereocenters. The Kier molecular flexibility index (Phi) is 48.5. The van der Waals surface area contributed by atoms with Crippen molar-refractivity contribution in [3.63, 3.8) is 0 Å². The lowest BCUT2D eigenvalue weighted by molar-refractivity contribution is -0.117. The fourth-order valence-electron chi connectivity index (χ4n) is 0.877. The fourth-order valence-corrected chi connectivity index (χ4v) is 1.86. The Hall–Kier alpha value is -2.33. The average molecular weight is 463 g/mol. The van der Waals surface area contributed by atoms with E-state index in [9.17, 15) is 13.2 Å². The highest BCUT2D eigenvalue weighted by atomic mass is 32.2. The van der Waals surface area contributed by atoms with Crippen molar-refractivity contribution in [1.29, 1.82) is 5.26 Å². The van der Waals surface area contributed by atoms with Gasteiger partial charge in [0.25, 0.3) is 10.1 Å². The maximum atomic E-state index is 10.8. The van der Waals surface area contributed by atoms with Gasteiger partial charge in [-0.1, -0.05) is 41.0 Å². The number of carbonyl (C=O) groups excluding carboxylic acids is 1. The van der Waals surface area contributed by atoms with E-state index in [2.05, 4.69) is 25.1 Å². The summed E-state index contributed by atoms with van der Waals surface area (Å²) < 4.78 is 54.9. The first-order chi connectivity index (χ1) is 11.0. The van der Waals surface area contributed by atoms with Gasteiger partial charge in [-0.25, -0.2) is 0 Å². The Morgan fingerprint density at radius 1 is 1.17 bits per heavy atom. The van der Waals surface area contributed by atoms with Crippen LogP contribution in [0.1, 0.15) is 50.0 Å². The van der Waals surface area contributed by atoms with Crippen LogP contribution in [0, 0.1) is 11.3 Å². The quantitative estimate of drug-likeness (QED) is 0.275. The van der Waals surface area contributed by atoms with Crippen LogP contribution in [0.4, 0.5) is 0 Å². The summed E-state index contributed by atoms with van der Waals surface area (Å²) in [6.45, 7) is 16.8. The SMILES string of the molecule is C.C.C.C=C(C)C.C=CC#N.C=CC(=O)NC(C)(C)CS(=O)(=O)O.O.O=S(=O)=O. The first-order valence-corrected chi connectivity index (χ1v) is 8.94. The summed E-state index contributed by atoms with van der Waals surface area (Å²) in [4.78, 5) is 10.8. The van der Waals surface area contributed by atoms with Crippen LogP contribution < -0.4 is 5.32 Å². The van der Waals surface area contributed by atoms with Gasteiger partial charge in [-0.15, -0.1) is 19.2 Å². The summed E-state index contributed by atoms with van der Waals surface area (Å²) in [5.74, 6) is -1.01. The molecule has 0 bridgehead atoms. The fraction of sp³-hybridized carbons (Fsp3) is 0.529. The summed E-state index contributed by atoms with van der Waals surface area (Å²) in [6.07, 6.45) is 2.21. The Morgan fingerprint density at radius 3 is 1.55 bits per heavy atom. The molecule has 29 heavy (non-hydrogen) atoms.